The summed E-state index contributed by atoms with van der Waals surface area (Å²) in [5, 5.41) is 5.43. The molecule has 1 aliphatic rings. The van der Waals surface area contributed by atoms with Crippen molar-refractivity contribution in [2.75, 3.05) is 16.4 Å². The van der Waals surface area contributed by atoms with Crippen molar-refractivity contribution in [3.05, 3.63) is 53.8 Å². The standard InChI is InChI=1S/C16H13FN2O2S/c17-11-2-1-3-12(9-11)18-16(21)10-4-5-14-13(8-10)19-15(20)6-7-22-14/h1-5,8-9H,6-7H2,(H,18,21)(H,19,20). The van der Waals surface area contributed by atoms with Crippen molar-refractivity contribution in [1.82, 2.24) is 0 Å². The number of hydrogen-bond donors (Lipinski definition) is 2. The quantitative estimate of drug-likeness (QED) is 0.891. The molecule has 3 rings (SSSR count). The molecule has 112 valence electrons. The van der Waals surface area contributed by atoms with Crippen molar-refractivity contribution >= 4 is 35.0 Å². The zero-order valence-electron chi connectivity index (χ0n) is 11.6. The molecular formula is C16H13FN2O2S. The maximum atomic E-state index is 13.1. The van der Waals surface area contributed by atoms with E-state index in [4.69, 9.17) is 0 Å². The third-order valence-corrected chi connectivity index (χ3v) is 4.26. The van der Waals surface area contributed by atoms with E-state index in [2.05, 4.69) is 10.6 Å². The van der Waals surface area contributed by atoms with E-state index in [9.17, 15) is 14.0 Å². The number of carbonyl (C=O) groups excluding carboxylic acids is 2. The molecule has 2 aromatic carbocycles. The van der Waals surface area contributed by atoms with Gasteiger partial charge in [-0.2, -0.15) is 0 Å². The van der Waals surface area contributed by atoms with Crippen molar-refractivity contribution in [1.29, 1.82) is 0 Å². The predicted octanol–water partition coefficient (Wildman–Crippen LogP) is 3.51. The molecule has 0 bridgehead atoms. The molecule has 0 aliphatic carbocycles. The van der Waals surface area contributed by atoms with Gasteiger partial charge in [0, 0.05) is 28.3 Å². The van der Waals surface area contributed by atoms with Crippen LogP contribution in [0.5, 0.6) is 0 Å². The molecule has 2 N–H and O–H groups in total. The topological polar surface area (TPSA) is 58.2 Å². The SMILES string of the molecule is O=C1CCSc2ccc(C(=O)Nc3cccc(F)c3)cc2N1. The number of hydrogen-bond acceptors (Lipinski definition) is 3. The predicted molar refractivity (Wildman–Crippen MR) is 84.8 cm³/mol. The van der Waals surface area contributed by atoms with Crippen LogP contribution in [0.25, 0.3) is 0 Å². The minimum Gasteiger partial charge on any atom is -0.325 e. The Morgan fingerprint density at radius 1 is 1.23 bits per heavy atom. The summed E-state index contributed by atoms with van der Waals surface area (Å²) in [5.74, 6) is -0.109. The Kier molecular flexibility index (Phi) is 4.11. The molecule has 0 fully saturated rings. The fraction of sp³-hybridized carbons (Fsp3) is 0.125. The Bertz CT molecular complexity index is 749. The van der Waals surface area contributed by atoms with Gasteiger partial charge in [-0.05, 0) is 36.4 Å². The number of carbonyl (C=O) groups is 2. The van der Waals surface area contributed by atoms with Gasteiger partial charge < -0.3 is 10.6 Å². The summed E-state index contributed by atoms with van der Waals surface area (Å²) in [5.41, 5.74) is 1.43. The number of fused-ring (bicyclic) bond motifs is 1. The van der Waals surface area contributed by atoms with Crippen LogP contribution in [0.4, 0.5) is 15.8 Å². The number of halogens is 1. The van der Waals surface area contributed by atoms with E-state index in [0.29, 0.717) is 29.1 Å². The molecule has 0 saturated carbocycles. The molecule has 1 heterocycles. The summed E-state index contributed by atoms with van der Waals surface area (Å²) in [6.45, 7) is 0. The lowest BCUT2D eigenvalue weighted by atomic mass is 10.1. The summed E-state index contributed by atoms with van der Waals surface area (Å²) >= 11 is 1.58. The second-order valence-electron chi connectivity index (χ2n) is 4.82. The molecule has 0 spiro atoms. The molecule has 6 heteroatoms. The Morgan fingerprint density at radius 2 is 2.09 bits per heavy atom. The van der Waals surface area contributed by atoms with Gasteiger partial charge in [0.1, 0.15) is 5.82 Å². The molecule has 1 aliphatic heterocycles. The van der Waals surface area contributed by atoms with Crippen LogP contribution < -0.4 is 10.6 Å². The fourth-order valence-electron chi connectivity index (χ4n) is 2.13. The number of amides is 2. The molecule has 0 unspecified atom stereocenters. The van der Waals surface area contributed by atoms with Gasteiger partial charge in [-0.1, -0.05) is 6.07 Å². The molecule has 0 aromatic heterocycles. The van der Waals surface area contributed by atoms with Crippen LogP contribution in [0.3, 0.4) is 0 Å². The highest BCUT2D eigenvalue weighted by atomic mass is 32.2. The largest absolute Gasteiger partial charge is 0.325 e. The van der Waals surface area contributed by atoms with Gasteiger partial charge in [-0.25, -0.2) is 4.39 Å². The lowest BCUT2D eigenvalue weighted by Gasteiger charge is -2.09. The summed E-state index contributed by atoms with van der Waals surface area (Å²) in [7, 11) is 0. The number of rotatable bonds is 2. The van der Waals surface area contributed by atoms with E-state index >= 15 is 0 Å². The van der Waals surface area contributed by atoms with E-state index in [1.165, 1.54) is 18.2 Å². The third kappa shape index (κ3) is 3.28. The zero-order valence-corrected chi connectivity index (χ0v) is 12.4. The molecule has 0 radical (unpaired) electrons. The highest BCUT2D eigenvalue weighted by molar-refractivity contribution is 7.99. The Balaban J connectivity index is 1.83. The minimum atomic E-state index is -0.414. The second-order valence-corrected chi connectivity index (χ2v) is 5.96. The summed E-state index contributed by atoms with van der Waals surface area (Å²) in [6.07, 6.45) is 0.449. The number of nitrogens with one attached hydrogen (secondary N) is 2. The van der Waals surface area contributed by atoms with E-state index in [1.54, 1.807) is 30.0 Å². The van der Waals surface area contributed by atoms with Gasteiger partial charge in [0.05, 0.1) is 5.69 Å². The molecule has 2 aromatic rings. The van der Waals surface area contributed by atoms with Gasteiger partial charge in [0.15, 0.2) is 0 Å². The first-order valence-corrected chi connectivity index (χ1v) is 7.74. The van der Waals surface area contributed by atoms with E-state index in [0.717, 1.165) is 4.90 Å². The molecular weight excluding hydrogens is 303 g/mol. The number of thioether (sulfide) groups is 1. The van der Waals surface area contributed by atoms with Crippen LogP contribution in [-0.2, 0) is 4.79 Å². The van der Waals surface area contributed by atoms with Crippen LogP contribution in [0.15, 0.2) is 47.4 Å². The first-order valence-electron chi connectivity index (χ1n) is 6.75. The smallest absolute Gasteiger partial charge is 0.255 e. The van der Waals surface area contributed by atoms with E-state index in [1.807, 2.05) is 6.07 Å². The number of anilines is 2. The highest BCUT2D eigenvalue weighted by Crippen LogP contribution is 2.31. The molecule has 0 saturated heterocycles. The van der Waals surface area contributed by atoms with Crippen molar-refractivity contribution in [2.24, 2.45) is 0 Å². The van der Waals surface area contributed by atoms with Gasteiger partial charge in [-0.3, -0.25) is 9.59 Å². The van der Waals surface area contributed by atoms with Crippen LogP contribution in [-0.4, -0.2) is 17.6 Å². The van der Waals surface area contributed by atoms with E-state index < -0.39 is 5.82 Å². The summed E-state index contributed by atoms with van der Waals surface area (Å²) in [4.78, 5) is 24.8. The lowest BCUT2D eigenvalue weighted by Crippen LogP contribution is -2.14. The molecule has 0 atom stereocenters. The third-order valence-electron chi connectivity index (χ3n) is 3.19. The minimum absolute atomic E-state index is 0.0612. The normalized spacial score (nSPS) is 13.8. The van der Waals surface area contributed by atoms with Crippen molar-refractivity contribution in [2.45, 2.75) is 11.3 Å². The maximum Gasteiger partial charge on any atom is 0.255 e. The highest BCUT2D eigenvalue weighted by Gasteiger charge is 2.16. The van der Waals surface area contributed by atoms with Crippen LogP contribution in [0.2, 0.25) is 0 Å². The van der Waals surface area contributed by atoms with Gasteiger partial charge in [-0.15, -0.1) is 11.8 Å². The van der Waals surface area contributed by atoms with Crippen LogP contribution >= 0.6 is 11.8 Å². The average molecular weight is 316 g/mol. The summed E-state index contributed by atoms with van der Waals surface area (Å²) < 4.78 is 13.1. The second kappa shape index (κ2) is 6.19. The first kappa shape index (κ1) is 14.6. The Hall–Kier alpha value is -2.34. The Labute approximate surface area is 131 Å². The van der Waals surface area contributed by atoms with Gasteiger partial charge in [0.2, 0.25) is 5.91 Å². The van der Waals surface area contributed by atoms with Gasteiger partial charge in [0.25, 0.3) is 5.91 Å². The number of benzene rings is 2. The Morgan fingerprint density at radius 3 is 2.91 bits per heavy atom. The van der Waals surface area contributed by atoms with Gasteiger partial charge >= 0.3 is 0 Å². The first-order chi connectivity index (χ1) is 10.6. The van der Waals surface area contributed by atoms with Crippen LogP contribution in [0.1, 0.15) is 16.8 Å². The maximum absolute atomic E-state index is 13.1. The summed E-state index contributed by atoms with van der Waals surface area (Å²) in [6, 6.07) is 10.8. The zero-order chi connectivity index (χ0) is 15.5. The monoisotopic (exact) mass is 316 g/mol. The van der Waals surface area contributed by atoms with Crippen LogP contribution in [0, 0.1) is 5.82 Å². The molecule has 22 heavy (non-hydrogen) atoms. The molecule has 4 nitrogen and oxygen atoms in total. The average Bonchev–Trinajstić information content (AvgIpc) is 2.67. The fourth-order valence-corrected chi connectivity index (χ4v) is 3.07. The van der Waals surface area contributed by atoms with E-state index in [-0.39, 0.29) is 11.8 Å². The molecule has 2 amide bonds. The van der Waals surface area contributed by atoms with Crippen molar-refractivity contribution in [3.8, 4) is 0 Å². The van der Waals surface area contributed by atoms with Crippen molar-refractivity contribution in [3.63, 3.8) is 0 Å². The van der Waals surface area contributed by atoms with Crippen molar-refractivity contribution < 1.29 is 14.0 Å². The lowest BCUT2D eigenvalue weighted by molar-refractivity contribution is -0.115.